The molecule has 0 spiro atoms. The summed E-state index contributed by atoms with van der Waals surface area (Å²) in [5, 5.41) is 6.30. The molecule has 0 unspecified atom stereocenters. The quantitative estimate of drug-likeness (QED) is 0.191. The predicted octanol–water partition coefficient (Wildman–Crippen LogP) is 12.0. The van der Waals surface area contributed by atoms with E-state index in [4.69, 9.17) is 23.2 Å². The second-order valence-corrected chi connectivity index (χ2v) is 10.8. The summed E-state index contributed by atoms with van der Waals surface area (Å²) in [7, 11) is 0. The first-order chi connectivity index (χ1) is 19.7. The molecule has 0 aliphatic heterocycles. The number of fused-ring (bicyclic) bond motifs is 2. The maximum atomic E-state index is 6.73. The normalized spacial score (nSPS) is 11.2. The van der Waals surface area contributed by atoms with Crippen molar-refractivity contribution in [2.24, 2.45) is 0 Å². The molecule has 0 aliphatic carbocycles. The molecule has 0 heterocycles. The Hall–Kier alpha value is -4.36. The summed E-state index contributed by atoms with van der Waals surface area (Å²) in [6.07, 6.45) is 0. The Morgan fingerprint density at radius 3 is 0.975 bits per heavy atom. The van der Waals surface area contributed by atoms with Crippen molar-refractivity contribution < 1.29 is 0 Å². The van der Waals surface area contributed by atoms with Crippen LogP contribution < -0.4 is 0 Å². The molecule has 0 fully saturated rings. The van der Waals surface area contributed by atoms with Crippen molar-refractivity contribution in [3.05, 3.63) is 156 Å². The van der Waals surface area contributed by atoms with Gasteiger partial charge in [-0.15, -0.1) is 0 Å². The third-order valence-corrected chi connectivity index (χ3v) is 8.27. The molecule has 190 valence electrons. The second-order valence-electron chi connectivity index (χ2n) is 9.96. The van der Waals surface area contributed by atoms with Crippen molar-refractivity contribution in [3.8, 4) is 44.5 Å². The highest BCUT2D eigenvalue weighted by Crippen LogP contribution is 2.46. The molecular weight excluding hydrogens is 527 g/mol. The van der Waals surface area contributed by atoms with Crippen LogP contribution in [-0.2, 0) is 0 Å². The van der Waals surface area contributed by atoms with E-state index >= 15 is 0 Å². The average Bonchev–Trinajstić information content (AvgIpc) is 3.01. The van der Waals surface area contributed by atoms with Crippen molar-refractivity contribution in [2.75, 3.05) is 0 Å². The molecule has 0 saturated heterocycles. The molecule has 0 nitrogen and oxygen atoms in total. The zero-order valence-electron chi connectivity index (χ0n) is 21.6. The molecule has 7 aromatic rings. The van der Waals surface area contributed by atoms with E-state index in [0.29, 0.717) is 0 Å². The van der Waals surface area contributed by atoms with Crippen LogP contribution in [0.2, 0.25) is 10.0 Å². The van der Waals surface area contributed by atoms with E-state index in [0.717, 1.165) is 43.4 Å². The van der Waals surface area contributed by atoms with E-state index in [1.807, 2.05) is 48.5 Å². The van der Waals surface area contributed by atoms with Crippen LogP contribution >= 0.6 is 23.2 Å². The summed E-state index contributed by atoms with van der Waals surface area (Å²) < 4.78 is 0. The van der Waals surface area contributed by atoms with Gasteiger partial charge in [0.15, 0.2) is 0 Å². The van der Waals surface area contributed by atoms with Crippen molar-refractivity contribution in [1.82, 2.24) is 0 Å². The topological polar surface area (TPSA) is 0 Å². The number of benzene rings is 7. The van der Waals surface area contributed by atoms with E-state index in [1.54, 1.807) is 0 Å². The molecule has 2 heteroatoms. The zero-order chi connectivity index (χ0) is 27.1. The third-order valence-electron chi connectivity index (χ3n) is 7.61. The van der Waals surface area contributed by atoms with Crippen LogP contribution in [0.5, 0.6) is 0 Å². The van der Waals surface area contributed by atoms with Crippen LogP contribution in [0.4, 0.5) is 0 Å². The van der Waals surface area contributed by atoms with Gasteiger partial charge >= 0.3 is 0 Å². The molecule has 0 amide bonds. The molecule has 0 aromatic heterocycles. The highest BCUT2D eigenvalue weighted by molar-refractivity contribution is 6.34. The van der Waals surface area contributed by atoms with Crippen molar-refractivity contribution >= 4 is 44.7 Å². The zero-order valence-corrected chi connectivity index (χ0v) is 23.1. The number of rotatable bonds is 4. The monoisotopic (exact) mass is 550 g/mol. The molecule has 0 radical (unpaired) electrons. The Labute approximate surface area is 244 Å². The highest BCUT2D eigenvalue weighted by atomic mass is 35.5. The fourth-order valence-corrected chi connectivity index (χ4v) is 6.24. The lowest BCUT2D eigenvalue weighted by molar-refractivity contribution is 1.60. The van der Waals surface area contributed by atoms with Gasteiger partial charge < -0.3 is 0 Å². The van der Waals surface area contributed by atoms with Crippen molar-refractivity contribution in [3.63, 3.8) is 0 Å². The van der Waals surface area contributed by atoms with Crippen LogP contribution in [0.3, 0.4) is 0 Å². The summed E-state index contributed by atoms with van der Waals surface area (Å²) in [6, 6.07) is 50.8. The van der Waals surface area contributed by atoms with Gasteiger partial charge in [0.25, 0.3) is 0 Å². The van der Waals surface area contributed by atoms with Crippen LogP contribution in [0.25, 0.3) is 66.1 Å². The fraction of sp³-hybridized carbons (Fsp3) is 0. The smallest absolute Gasteiger partial charge is 0.0484 e. The minimum atomic E-state index is 0.745. The van der Waals surface area contributed by atoms with E-state index in [1.165, 1.54) is 32.7 Å². The van der Waals surface area contributed by atoms with Gasteiger partial charge in [0, 0.05) is 21.2 Å². The van der Waals surface area contributed by atoms with Crippen LogP contribution in [0.15, 0.2) is 146 Å². The lowest BCUT2D eigenvalue weighted by Crippen LogP contribution is -1.92. The van der Waals surface area contributed by atoms with Gasteiger partial charge in [-0.3, -0.25) is 0 Å². The first-order valence-corrected chi connectivity index (χ1v) is 14.1. The Bertz CT molecular complexity index is 1800. The largest absolute Gasteiger partial charge is 0.0837 e. The number of halogens is 2. The molecule has 0 N–H and O–H groups in total. The third kappa shape index (κ3) is 4.27. The Balaban J connectivity index is 1.53. The first-order valence-electron chi connectivity index (χ1n) is 13.3. The van der Waals surface area contributed by atoms with Crippen LogP contribution in [0, 0.1) is 0 Å². The van der Waals surface area contributed by atoms with Crippen molar-refractivity contribution in [2.45, 2.75) is 0 Å². The van der Waals surface area contributed by atoms with Crippen molar-refractivity contribution in [1.29, 1.82) is 0 Å². The van der Waals surface area contributed by atoms with Gasteiger partial charge in [-0.05, 0) is 79.2 Å². The Morgan fingerprint density at radius 2 is 0.625 bits per heavy atom. The highest BCUT2D eigenvalue weighted by Gasteiger charge is 2.18. The van der Waals surface area contributed by atoms with Gasteiger partial charge in [0.2, 0.25) is 0 Å². The Morgan fingerprint density at radius 1 is 0.300 bits per heavy atom. The first kappa shape index (κ1) is 24.7. The van der Waals surface area contributed by atoms with Gasteiger partial charge in [-0.1, -0.05) is 145 Å². The summed E-state index contributed by atoms with van der Waals surface area (Å²) in [5.41, 5.74) is 8.97. The lowest BCUT2D eigenvalue weighted by Gasteiger charge is -2.19. The average molecular weight is 552 g/mol. The molecule has 40 heavy (non-hydrogen) atoms. The van der Waals surface area contributed by atoms with E-state index < -0.39 is 0 Å². The predicted molar refractivity (Wildman–Crippen MR) is 173 cm³/mol. The molecule has 0 aliphatic rings. The van der Waals surface area contributed by atoms with E-state index in [9.17, 15) is 0 Å². The summed E-state index contributed by atoms with van der Waals surface area (Å²) in [6.45, 7) is 0. The fourth-order valence-electron chi connectivity index (χ4n) is 5.79. The summed E-state index contributed by atoms with van der Waals surface area (Å²) in [5.74, 6) is 0. The maximum absolute atomic E-state index is 6.73. The van der Waals surface area contributed by atoms with Gasteiger partial charge in [-0.2, -0.15) is 0 Å². The molecule has 7 rings (SSSR count). The van der Waals surface area contributed by atoms with Gasteiger partial charge in [-0.25, -0.2) is 0 Å². The molecule has 7 aromatic carbocycles. The van der Waals surface area contributed by atoms with Gasteiger partial charge in [0.05, 0.1) is 0 Å². The number of hydrogen-bond acceptors (Lipinski definition) is 0. The van der Waals surface area contributed by atoms with E-state index in [-0.39, 0.29) is 0 Å². The standard InChI is InChI=1S/C38H24Cl2/c39-35-21-19-27(23-33(35)25-11-3-1-4-12-25)37-29-15-7-9-17-31(29)38(32-18-10-8-16-30(32)37)28-20-22-36(40)34(24-28)26-13-5-2-6-14-26/h1-24H. The second kappa shape index (κ2) is 10.3. The minimum absolute atomic E-state index is 0.745. The van der Waals surface area contributed by atoms with Crippen LogP contribution in [-0.4, -0.2) is 0 Å². The summed E-state index contributed by atoms with van der Waals surface area (Å²) in [4.78, 5) is 0. The number of hydrogen-bond donors (Lipinski definition) is 0. The Kier molecular flexibility index (Phi) is 6.36. The summed E-state index contributed by atoms with van der Waals surface area (Å²) >= 11 is 13.5. The SMILES string of the molecule is Clc1ccc(-c2c3ccccc3c(-c3ccc(Cl)c(-c4ccccc4)c3)c3ccccc23)cc1-c1ccccc1. The van der Waals surface area contributed by atoms with Gasteiger partial charge in [0.1, 0.15) is 0 Å². The molecule has 0 bridgehead atoms. The maximum Gasteiger partial charge on any atom is 0.0484 e. The molecule has 0 saturated carbocycles. The molecular formula is C38H24Cl2. The van der Waals surface area contributed by atoms with E-state index in [2.05, 4.69) is 97.1 Å². The lowest BCUT2D eigenvalue weighted by atomic mass is 9.85. The van der Waals surface area contributed by atoms with Crippen LogP contribution in [0.1, 0.15) is 0 Å². The minimum Gasteiger partial charge on any atom is -0.0837 e. The molecule has 0 atom stereocenters.